The number of para-hydroxylation sites is 1. The van der Waals surface area contributed by atoms with Crippen LogP contribution in [0, 0.1) is 0 Å². The van der Waals surface area contributed by atoms with Crippen LogP contribution in [0.4, 0.5) is 0 Å². The van der Waals surface area contributed by atoms with E-state index in [-0.39, 0.29) is 11.8 Å². The fraction of sp³-hybridized carbons (Fsp3) is 0.462. The summed E-state index contributed by atoms with van der Waals surface area (Å²) in [6.07, 6.45) is 2.58. The SMILES string of the molecule is O=C(CCOc1ccccc1)C1CCCN1. The van der Waals surface area contributed by atoms with Crippen LogP contribution >= 0.6 is 0 Å². The van der Waals surface area contributed by atoms with E-state index in [4.69, 9.17) is 4.74 Å². The third kappa shape index (κ3) is 3.07. The Labute approximate surface area is 95.8 Å². The molecule has 3 heteroatoms. The van der Waals surface area contributed by atoms with Crippen LogP contribution in [0.25, 0.3) is 0 Å². The van der Waals surface area contributed by atoms with Gasteiger partial charge in [0.1, 0.15) is 5.75 Å². The molecule has 1 heterocycles. The topological polar surface area (TPSA) is 38.3 Å². The molecule has 1 N–H and O–H groups in total. The van der Waals surface area contributed by atoms with E-state index in [0.717, 1.165) is 25.1 Å². The zero-order chi connectivity index (χ0) is 11.2. The summed E-state index contributed by atoms with van der Waals surface area (Å²) < 4.78 is 5.49. The maximum Gasteiger partial charge on any atom is 0.153 e. The zero-order valence-electron chi connectivity index (χ0n) is 9.32. The summed E-state index contributed by atoms with van der Waals surface area (Å²) in [6.45, 7) is 1.44. The fourth-order valence-corrected chi connectivity index (χ4v) is 1.92. The van der Waals surface area contributed by atoms with E-state index in [1.807, 2.05) is 30.3 Å². The molecule has 1 aliphatic heterocycles. The minimum absolute atomic E-state index is 0.0689. The molecule has 2 rings (SSSR count). The van der Waals surface area contributed by atoms with Crippen LogP contribution < -0.4 is 10.1 Å². The molecule has 1 saturated heterocycles. The number of benzene rings is 1. The lowest BCUT2D eigenvalue weighted by Crippen LogP contribution is -2.31. The van der Waals surface area contributed by atoms with Gasteiger partial charge in [0, 0.05) is 6.42 Å². The van der Waals surface area contributed by atoms with Gasteiger partial charge < -0.3 is 10.1 Å². The molecule has 0 aliphatic carbocycles. The van der Waals surface area contributed by atoms with Crippen molar-refractivity contribution in [3.63, 3.8) is 0 Å². The van der Waals surface area contributed by atoms with Gasteiger partial charge in [-0.25, -0.2) is 0 Å². The molecule has 0 radical (unpaired) electrons. The Bertz CT molecular complexity index is 331. The molecule has 1 fully saturated rings. The second-order valence-electron chi connectivity index (χ2n) is 4.03. The van der Waals surface area contributed by atoms with Crippen molar-refractivity contribution in [2.24, 2.45) is 0 Å². The Morgan fingerprint density at radius 3 is 2.88 bits per heavy atom. The van der Waals surface area contributed by atoms with Gasteiger partial charge in [-0.05, 0) is 31.5 Å². The van der Waals surface area contributed by atoms with Crippen molar-refractivity contribution < 1.29 is 9.53 Å². The van der Waals surface area contributed by atoms with Crippen molar-refractivity contribution in [1.82, 2.24) is 5.32 Å². The number of carbonyl (C=O) groups is 1. The van der Waals surface area contributed by atoms with Crippen molar-refractivity contribution >= 4 is 5.78 Å². The summed E-state index contributed by atoms with van der Waals surface area (Å²) in [7, 11) is 0. The van der Waals surface area contributed by atoms with E-state index in [0.29, 0.717) is 13.0 Å². The van der Waals surface area contributed by atoms with Crippen LogP contribution in [0.2, 0.25) is 0 Å². The second-order valence-corrected chi connectivity index (χ2v) is 4.03. The van der Waals surface area contributed by atoms with Crippen LogP contribution in [-0.2, 0) is 4.79 Å². The number of ether oxygens (including phenoxy) is 1. The van der Waals surface area contributed by atoms with Gasteiger partial charge in [0.05, 0.1) is 12.6 Å². The molecule has 0 amide bonds. The van der Waals surface area contributed by atoms with E-state index in [9.17, 15) is 4.79 Å². The monoisotopic (exact) mass is 219 g/mol. The standard InChI is InChI=1S/C13H17NO2/c15-13(12-7-4-9-14-12)8-10-16-11-5-2-1-3-6-11/h1-3,5-6,12,14H,4,7-10H2. The predicted octanol–water partition coefficient (Wildman–Crippen LogP) is 1.78. The Morgan fingerprint density at radius 1 is 1.38 bits per heavy atom. The second kappa shape index (κ2) is 5.66. The van der Waals surface area contributed by atoms with Crippen molar-refractivity contribution in [2.75, 3.05) is 13.2 Å². The summed E-state index contributed by atoms with van der Waals surface area (Å²) in [6, 6.07) is 9.67. The molecule has 0 bridgehead atoms. The Balaban J connectivity index is 1.70. The van der Waals surface area contributed by atoms with Gasteiger partial charge in [0.2, 0.25) is 0 Å². The van der Waals surface area contributed by atoms with Crippen LogP contribution in [0.5, 0.6) is 5.75 Å². The molecule has 1 aliphatic rings. The van der Waals surface area contributed by atoms with E-state index >= 15 is 0 Å². The summed E-state index contributed by atoms with van der Waals surface area (Å²) in [5, 5.41) is 3.20. The number of hydrogen-bond donors (Lipinski definition) is 1. The maximum absolute atomic E-state index is 11.7. The fourth-order valence-electron chi connectivity index (χ4n) is 1.92. The summed E-state index contributed by atoms with van der Waals surface area (Å²) in [5.74, 6) is 1.10. The molecule has 1 unspecified atom stereocenters. The highest BCUT2D eigenvalue weighted by atomic mass is 16.5. The number of ketones is 1. The molecule has 16 heavy (non-hydrogen) atoms. The molecule has 0 aromatic heterocycles. The average molecular weight is 219 g/mol. The normalized spacial score (nSPS) is 19.6. The zero-order valence-corrected chi connectivity index (χ0v) is 9.32. The highest BCUT2D eigenvalue weighted by molar-refractivity contribution is 5.84. The Kier molecular flexibility index (Phi) is 3.94. The van der Waals surface area contributed by atoms with Crippen LogP contribution in [0.1, 0.15) is 19.3 Å². The van der Waals surface area contributed by atoms with E-state index in [2.05, 4.69) is 5.32 Å². The first kappa shape index (κ1) is 11.1. The van der Waals surface area contributed by atoms with Crippen LogP contribution in [0.3, 0.4) is 0 Å². The van der Waals surface area contributed by atoms with Gasteiger partial charge in [-0.2, -0.15) is 0 Å². The molecule has 1 atom stereocenters. The smallest absolute Gasteiger partial charge is 0.153 e. The first-order valence-electron chi connectivity index (χ1n) is 5.80. The third-order valence-electron chi connectivity index (χ3n) is 2.81. The number of rotatable bonds is 5. The third-order valence-corrected chi connectivity index (χ3v) is 2.81. The molecule has 1 aromatic carbocycles. The minimum atomic E-state index is 0.0689. The number of hydrogen-bond acceptors (Lipinski definition) is 3. The van der Waals surface area contributed by atoms with Gasteiger partial charge in [0.15, 0.2) is 5.78 Å². The molecule has 0 saturated carbocycles. The number of Topliss-reactive ketones (excluding diaryl/α,β-unsaturated/α-hetero) is 1. The van der Waals surface area contributed by atoms with Gasteiger partial charge in [-0.1, -0.05) is 18.2 Å². The highest BCUT2D eigenvalue weighted by Crippen LogP contribution is 2.10. The summed E-state index contributed by atoms with van der Waals surface area (Å²) >= 11 is 0. The molecule has 86 valence electrons. The molecule has 0 spiro atoms. The van der Waals surface area contributed by atoms with E-state index < -0.39 is 0 Å². The van der Waals surface area contributed by atoms with E-state index in [1.54, 1.807) is 0 Å². The molecular weight excluding hydrogens is 202 g/mol. The van der Waals surface area contributed by atoms with Crippen LogP contribution in [0.15, 0.2) is 30.3 Å². The average Bonchev–Trinajstić information content (AvgIpc) is 2.84. The predicted molar refractivity (Wildman–Crippen MR) is 62.6 cm³/mol. The molecule has 1 aromatic rings. The first-order valence-corrected chi connectivity index (χ1v) is 5.80. The lowest BCUT2D eigenvalue weighted by Gasteiger charge is -2.09. The van der Waals surface area contributed by atoms with Gasteiger partial charge in [-0.15, -0.1) is 0 Å². The van der Waals surface area contributed by atoms with Gasteiger partial charge >= 0.3 is 0 Å². The Hall–Kier alpha value is -1.35. The molecule has 3 nitrogen and oxygen atoms in total. The van der Waals surface area contributed by atoms with Crippen molar-refractivity contribution in [2.45, 2.75) is 25.3 Å². The summed E-state index contributed by atoms with van der Waals surface area (Å²) in [5.41, 5.74) is 0. The minimum Gasteiger partial charge on any atom is -0.493 e. The summed E-state index contributed by atoms with van der Waals surface area (Å²) in [4.78, 5) is 11.7. The molecular formula is C13H17NO2. The lowest BCUT2D eigenvalue weighted by molar-refractivity contribution is -0.121. The largest absolute Gasteiger partial charge is 0.493 e. The van der Waals surface area contributed by atoms with Gasteiger partial charge in [-0.3, -0.25) is 4.79 Å². The highest BCUT2D eigenvalue weighted by Gasteiger charge is 2.21. The van der Waals surface area contributed by atoms with Crippen molar-refractivity contribution in [3.8, 4) is 5.75 Å². The number of carbonyl (C=O) groups excluding carboxylic acids is 1. The van der Waals surface area contributed by atoms with Crippen molar-refractivity contribution in [1.29, 1.82) is 0 Å². The lowest BCUT2D eigenvalue weighted by atomic mass is 10.1. The van der Waals surface area contributed by atoms with Crippen LogP contribution in [-0.4, -0.2) is 25.0 Å². The first-order chi connectivity index (χ1) is 7.86. The Morgan fingerprint density at radius 2 is 2.19 bits per heavy atom. The van der Waals surface area contributed by atoms with E-state index in [1.165, 1.54) is 0 Å². The van der Waals surface area contributed by atoms with Crippen molar-refractivity contribution in [3.05, 3.63) is 30.3 Å². The van der Waals surface area contributed by atoms with Gasteiger partial charge in [0.25, 0.3) is 0 Å². The quantitative estimate of drug-likeness (QED) is 0.820. The maximum atomic E-state index is 11.7. The number of nitrogens with one attached hydrogen (secondary N) is 1.